The summed E-state index contributed by atoms with van der Waals surface area (Å²) >= 11 is 5.99. The maximum Gasteiger partial charge on any atom is 0.225 e. The van der Waals surface area contributed by atoms with Gasteiger partial charge in [-0.3, -0.25) is 4.79 Å². The molecule has 0 spiro atoms. The number of hydrogen-bond donors (Lipinski definition) is 2. The Labute approximate surface area is 141 Å². The highest BCUT2D eigenvalue weighted by Crippen LogP contribution is 2.20. The second kappa shape index (κ2) is 8.09. The predicted molar refractivity (Wildman–Crippen MR) is 90.1 cm³/mol. The van der Waals surface area contributed by atoms with Crippen molar-refractivity contribution in [3.63, 3.8) is 0 Å². The SMILES string of the molecule is C[NH+](C)C[C@@H](NC(=O)Cc1c(F)cccc1Cl)c1ccccc1. The summed E-state index contributed by atoms with van der Waals surface area (Å²) in [4.78, 5) is 13.5. The van der Waals surface area contributed by atoms with Gasteiger partial charge in [-0.1, -0.05) is 48.0 Å². The van der Waals surface area contributed by atoms with Gasteiger partial charge in [-0.25, -0.2) is 4.39 Å². The van der Waals surface area contributed by atoms with E-state index in [0.29, 0.717) is 0 Å². The van der Waals surface area contributed by atoms with Crippen LogP contribution in [0.25, 0.3) is 0 Å². The Bertz CT molecular complexity index is 641. The molecule has 0 aliphatic rings. The van der Waals surface area contributed by atoms with Gasteiger partial charge in [0.05, 0.1) is 20.5 Å². The number of nitrogens with one attached hydrogen (secondary N) is 2. The molecule has 0 aromatic heterocycles. The second-order valence-corrected chi connectivity index (χ2v) is 6.23. The van der Waals surface area contributed by atoms with Gasteiger partial charge < -0.3 is 10.2 Å². The van der Waals surface area contributed by atoms with Crippen molar-refractivity contribution in [3.8, 4) is 0 Å². The van der Waals surface area contributed by atoms with Gasteiger partial charge in [0.15, 0.2) is 0 Å². The van der Waals surface area contributed by atoms with Crippen LogP contribution < -0.4 is 10.2 Å². The Hall–Kier alpha value is -1.91. The van der Waals surface area contributed by atoms with Crippen molar-refractivity contribution in [2.24, 2.45) is 0 Å². The topological polar surface area (TPSA) is 33.5 Å². The lowest BCUT2D eigenvalue weighted by atomic mass is 10.1. The summed E-state index contributed by atoms with van der Waals surface area (Å²) in [6, 6.07) is 14.1. The van der Waals surface area contributed by atoms with Crippen LogP contribution in [0.15, 0.2) is 48.5 Å². The quantitative estimate of drug-likeness (QED) is 0.832. The molecule has 1 amide bonds. The Morgan fingerprint density at radius 2 is 1.87 bits per heavy atom. The van der Waals surface area contributed by atoms with Crippen molar-refractivity contribution in [1.82, 2.24) is 5.32 Å². The van der Waals surface area contributed by atoms with E-state index < -0.39 is 5.82 Å². The molecule has 2 aromatic rings. The number of carbonyl (C=O) groups is 1. The van der Waals surface area contributed by atoms with Crippen LogP contribution in [-0.4, -0.2) is 26.5 Å². The Morgan fingerprint density at radius 3 is 2.48 bits per heavy atom. The van der Waals surface area contributed by atoms with E-state index in [1.165, 1.54) is 17.0 Å². The van der Waals surface area contributed by atoms with E-state index in [0.717, 1.165) is 12.1 Å². The first-order chi connectivity index (χ1) is 11.0. The average Bonchev–Trinajstić information content (AvgIpc) is 2.51. The smallest absolute Gasteiger partial charge is 0.225 e. The molecular formula is C18H21ClFN2O+. The van der Waals surface area contributed by atoms with Crippen LogP contribution in [0.5, 0.6) is 0 Å². The molecule has 5 heteroatoms. The molecule has 0 heterocycles. The molecule has 0 saturated carbocycles. The van der Waals surface area contributed by atoms with E-state index in [1.807, 2.05) is 44.4 Å². The molecule has 0 fully saturated rings. The number of amides is 1. The first kappa shape index (κ1) is 17.4. The first-order valence-electron chi connectivity index (χ1n) is 7.53. The molecule has 0 unspecified atom stereocenters. The average molecular weight is 336 g/mol. The second-order valence-electron chi connectivity index (χ2n) is 5.82. The largest absolute Gasteiger partial charge is 0.343 e. The third kappa shape index (κ3) is 5.05. The fourth-order valence-electron chi connectivity index (χ4n) is 2.45. The van der Waals surface area contributed by atoms with E-state index in [1.54, 1.807) is 6.07 Å². The summed E-state index contributed by atoms with van der Waals surface area (Å²) in [7, 11) is 4.05. The first-order valence-corrected chi connectivity index (χ1v) is 7.91. The molecule has 2 rings (SSSR count). The van der Waals surface area contributed by atoms with E-state index in [-0.39, 0.29) is 29.0 Å². The predicted octanol–water partition coefficient (Wildman–Crippen LogP) is 2.02. The van der Waals surface area contributed by atoms with Gasteiger partial charge in [-0.2, -0.15) is 0 Å². The summed E-state index contributed by atoms with van der Waals surface area (Å²) in [6.45, 7) is 0.737. The molecule has 1 atom stereocenters. The number of rotatable bonds is 6. The fraction of sp³-hybridized carbons (Fsp3) is 0.278. The van der Waals surface area contributed by atoms with Crippen LogP contribution in [-0.2, 0) is 11.2 Å². The number of carbonyl (C=O) groups excluding carboxylic acids is 1. The number of benzene rings is 2. The van der Waals surface area contributed by atoms with Gasteiger partial charge in [-0.05, 0) is 17.7 Å². The zero-order chi connectivity index (χ0) is 16.8. The maximum absolute atomic E-state index is 13.8. The lowest BCUT2D eigenvalue weighted by molar-refractivity contribution is -0.860. The standard InChI is InChI=1S/C18H20ClFN2O/c1-22(2)12-17(13-7-4-3-5-8-13)21-18(23)11-14-15(19)9-6-10-16(14)20/h3-10,17H,11-12H2,1-2H3,(H,21,23)/p+1/t17-/m1/s1. The third-order valence-corrected chi connectivity index (χ3v) is 3.90. The lowest BCUT2D eigenvalue weighted by Gasteiger charge is -2.21. The van der Waals surface area contributed by atoms with Gasteiger partial charge >= 0.3 is 0 Å². The van der Waals surface area contributed by atoms with E-state index in [9.17, 15) is 9.18 Å². The van der Waals surface area contributed by atoms with Crippen LogP contribution in [0.3, 0.4) is 0 Å². The molecule has 2 aromatic carbocycles. The molecule has 122 valence electrons. The van der Waals surface area contributed by atoms with Crippen LogP contribution in [0.4, 0.5) is 4.39 Å². The van der Waals surface area contributed by atoms with Crippen molar-refractivity contribution < 1.29 is 14.1 Å². The van der Waals surface area contributed by atoms with Crippen molar-refractivity contribution in [2.45, 2.75) is 12.5 Å². The van der Waals surface area contributed by atoms with E-state index >= 15 is 0 Å². The van der Waals surface area contributed by atoms with Crippen LogP contribution >= 0.6 is 11.6 Å². The van der Waals surface area contributed by atoms with E-state index in [2.05, 4.69) is 5.32 Å². The molecular weight excluding hydrogens is 315 g/mol. The van der Waals surface area contributed by atoms with Gasteiger partial charge in [-0.15, -0.1) is 0 Å². The van der Waals surface area contributed by atoms with Gasteiger partial charge in [0.1, 0.15) is 18.4 Å². The minimum Gasteiger partial charge on any atom is -0.343 e. The van der Waals surface area contributed by atoms with Crippen molar-refractivity contribution in [1.29, 1.82) is 0 Å². The van der Waals surface area contributed by atoms with Crippen LogP contribution in [0.2, 0.25) is 5.02 Å². The molecule has 0 radical (unpaired) electrons. The number of halogens is 2. The minimum atomic E-state index is -0.456. The number of hydrogen-bond acceptors (Lipinski definition) is 1. The molecule has 0 aliphatic heterocycles. The molecule has 0 bridgehead atoms. The van der Waals surface area contributed by atoms with Crippen molar-refractivity contribution in [3.05, 3.63) is 70.5 Å². The summed E-state index contributed by atoms with van der Waals surface area (Å²) in [5.74, 6) is -0.700. The van der Waals surface area contributed by atoms with Crippen molar-refractivity contribution in [2.75, 3.05) is 20.6 Å². The molecule has 3 nitrogen and oxygen atoms in total. The Balaban J connectivity index is 2.12. The minimum absolute atomic E-state index is 0.0718. The Kier molecular flexibility index (Phi) is 6.13. The number of quaternary nitrogens is 1. The molecule has 0 aliphatic carbocycles. The van der Waals surface area contributed by atoms with Crippen LogP contribution in [0, 0.1) is 5.82 Å². The fourth-order valence-corrected chi connectivity index (χ4v) is 2.68. The van der Waals surface area contributed by atoms with Gasteiger partial charge in [0.2, 0.25) is 5.91 Å². The lowest BCUT2D eigenvalue weighted by Crippen LogP contribution is -3.06. The summed E-state index contributed by atoms with van der Waals surface area (Å²) in [5, 5.41) is 3.26. The maximum atomic E-state index is 13.8. The van der Waals surface area contributed by atoms with Gasteiger partial charge in [0.25, 0.3) is 0 Å². The highest BCUT2D eigenvalue weighted by Gasteiger charge is 2.19. The summed E-state index contributed by atoms with van der Waals surface area (Å²) in [6.07, 6.45) is -0.0718. The molecule has 23 heavy (non-hydrogen) atoms. The van der Waals surface area contributed by atoms with Crippen molar-refractivity contribution >= 4 is 17.5 Å². The van der Waals surface area contributed by atoms with Gasteiger partial charge in [0, 0.05) is 10.6 Å². The summed E-state index contributed by atoms with van der Waals surface area (Å²) < 4.78 is 13.8. The summed E-state index contributed by atoms with van der Waals surface area (Å²) in [5.41, 5.74) is 1.26. The van der Waals surface area contributed by atoms with E-state index in [4.69, 9.17) is 11.6 Å². The monoisotopic (exact) mass is 335 g/mol. The zero-order valence-electron chi connectivity index (χ0n) is 13.3. The Morgan fingerprint density at radius 1 is 1.17 bits per heavy atom. The molecule has 0 saturated heterocycles. The van der Waals surface area contributed by atoms with Crippen LogP contribution in [0.1, 0.15) is 17.2 Å². The molecule has 2 N–H and O–H groups in total. The highest BCUT2D eigenvalue weighted by molar-refractivity contribution is 6.31. The normalized spacial score (nSPS) is 12.2. The zero-order valence-corrected chi connectivity index (χ0v) is 14.0. The third-order valence-electron chi connectivity index (χ3n) is 3.55. The number of likely N-dealkylation sites (N-methyl/N-ethyl adjacent to an activating group) is 1. The highest BCUT2D eigenvalue weighted by atomic mass is 35.5.